The van der Waals surface area contributed by atoms with E-state index >= 15 is 0 Å². The topological polar surface area (TPSA) is 41.1 Å². The molecule has 1 aliphatic rings. The highest BCUT2D eigenvalue weighted by Crippen LogP contribution is 2.26. The van der Waals surface area contributed by atoms with Gasteiger partial charge in [0.1, 0.15) is 5.82 Å². The molecular formula is C13H22N4. The molecule has 17 heavy (non-hydrogen) atoms. The normalized spacial score (nSPS) is 16.2. The first-order valence-electron chi connectivity index (χ1n) is 6.53. The lowest BCUT2D eigenvalue weighted by Gasteiger charge is -2.25. The molecule has 1 N–H and O–H groups in total. The quantitative estimate of drug-likeness (QED) is 0.869. The van der Waals surface area contributed by atoms with Crippen LogP contribution in [0.15, 0.2) is 6.07 Å². The number of rotatable bonds is 4. The van der Waals surface area contributed by atoms with Crippen LogP contribution < -0.4 is 10.2 Å². The molecular weight excluding hydrogens is 212 g/mol. The van der Waals surface area contributed by atoms with E-state index in [1.807, 2.05) is 6.92 Å². The van der Waals surface area contributed by atoms with Gasteiger partial charge in [-0.15, -0.1) is 0 Å². The van der Waals surface area contributed by atoms with E-state index in [0.717, 1.165) is 24.0 Å². The van der Waals surface area contributed by atoms with Crippen LogP contribution >= 0.6 is 0 Å². The lowest BCUT2D eigenvalue weighted by Crippen LogP contribution is -2.30. The van der Waals surface area contributed by atoms with Gasteiger partial charge in [0.2, 0.25) is 5.95 Å². The molecule has 0 bridgehead atoms. The Morgan fingerprint density at radius 1 is 1.35 bits per heavy atom. The van der Waals surface area contributed by atoms with Crippen molar-refractivity contribution in [3.63, 3.8) is 0 Å². The molecule has 94 valence electrons. The molecule has 1 aliphatic carbocycles. The lowest BCUT2D eigenvalue weighted by atomic mass is 10.2. The number of aromatic nitrogens is 2. The summed E-state index contributed by atoms with van der Waals surface area (Å²) in [6, 6.07) is 2.72. The second-order valence-electron chi connectivity index (χ2n) is 4.77. The first kappa shape index (κ1) is 12.1. The van der Waals surface area contributed by atoms with Gasteiger partial charge in [0.05, 0.1) is 0 Å². The minimum atomic E-state index is 0.652. The third-order valence-corrected chi connectivity index (χ3v) is 3.41. The predicted octanol–water partition coefficient (Wildman–Crippen LogP) is 2.60. The highest BCUT2D eigenvalue weighted by Gasteiger charge is 2.21. The van der Waals surface area contributed by atoms with E-state index in [1.165, 1.54) is 25.7 Å². The van der Waals surface area contributed by atoms with Crippen molar-refractivity contribution in [1.82, 2.24) is 9.97 Å². The number of nitrogens with one attached hydrogen (secondary N) is 1. The van der Waals surface area contributed by atoms with Gasteiger partial charge in [-0.1, -0.05) is 12.8 Å². The average molecular weight is 234 g/mol. The predicted molar refractivity (Wildman–Crippen MR) is 71.6 cm³/mol. The van der Waals surface area contributed by atoms with Crippen LogP contribution in [0.2, 0.25) is 0 Å². The van der Waals surface area contributed by atoms with E-state index in [-0.39, 0.29) is 0 Å². The maximum Gasteiger partial charge on any atom is 0.224 e. The Labute approximate surface area is 103 Å². The monoisotopic (exact) mass is 234 g/mol. The van der Waals surface area contributed by atoms with Gasteiger partial charge < -0.3 is 10.2 Å². The summed E-state index contributed by atoms with van der Waals surface area (Å²) in [7, 11) is 2.15. The molecule has 0 atom stereocenters. The van der Waals surface area contributed by atoms with Crippen LogP contribution in [-0.4, -0.2) is 29.6 Å². The van der Waals surface area contributed by atoms with Gasteiger partial charge in [0.25, 0.3) is 0 Å². The fraction of sp³-hybridized carbons (Fsp3) is 0.692. The Kier molecular flexibility index (Phi) is 3.82. The molecule has 1 saturated carbocycles. The van der Waals surface area contributed by atoms with Crippen molar-refractivity contribution in [2.45, 2.75) is 45.6 Å². The van der Waals surface area contributed by atoms with E-state index < -0.39 is 0 Å². The van der Waals surface area contributed by atoms with Crippen LogP contribution in [-0.2, 0) is 0 Å². The third-order valence-electron chi connectivity index (χ3n) is 3.41. The SMILES string of the molecule is CCNc1nc(C)cc(N(C)C2CCCC2)n1. The van der Waals surface area contributed by atoms with E-state index in [9.17, 15) is 0 Å². The second-order valence-corrected chi connectivity index (χ2v) is 4.77. The summed E-state index contributed by atoms with van der Waals surface area (Å²) >= 11 is 0. The fourth-order valence-electron chi connectivity index (χ4n) is 2.45. The number of nitrogens with zero attached hydrogens (tertiary/aromatic N) is 3. The van der Waals surface area contributed by atoms with Crippen molar-refractivity contribution in [3.05, 3.63) is 11.8 Å². The molecule has 2 rings (SSSR count). The van der Waals surface area contributed by atoms with Crippen molar-refractivity contribution in [2.75, 3.05) is 23.8 Å². The second kappa shape index (κ2) is 5.34. The summed E-state index contributed by atoms with van der Waals surface area (Å²) in [6.07, 6.45) is 5.27. The molecule has 1 aromatic rings. The first-order valence-corrected chi connectivity index (χ1v) is 6.53. The maximum atomic E-state index is 4.57. The molecule has 0 amide bonds. The molecule has 4 heteroatoms. The summed E-state index contributed by atoms with van der Waals surface area (Å²) < 4.78 is 0. The third kappa shape index (κ3) is 2.87. The van der Waals surface area contributed by atoms with Crippen LogP contribution in [0.3, 0.4) is 0 Å². The number of anilines is 2. The summed E-state index contributed by atoms with van der Waals surface area (Å²) in [5, 5.41) is 3.19. The van der Waals surface area contributed by atoms with Crippen LogP contribution in [0.5, 0.6) is 0 Å². The standard InChI is InChI=1S/C13H22N4/c1-4-14-13-15-10(2)9-12(16-13)17(3)11-7-5-6-8-11/h9,11H,4-8H2,1-3H3,(H,14,15,16). The van der Waals surface area contributed by atoms with Crippen LogP contribution in [0.4, 0.5) is 11.8 Å². The number of hydrogen-bond acceptors (Lipinski definition) is 4. The molecule has 1 aromatic heterocycles. The minimum absolute atomic E-state index is 0.652. The van der Waals surface area contributed by atoms with Crippen molar-refractivity contribution in [1.29, 1.82) is 0 Å². The molecule has 1 heterocycles. The molecule has 0 radical (unpaired) electrons. The van der Waals surface area contributed by atoms with E-state index in [1.54, 1.807) is 0 Å². The van der Waals surface area contributed by atoms with E-state index in [2.05, 4.69) is 40.2 Å². The summed E-state index contributed by atoms with van der Waals surface area (Å²) in [5.41, 5.74) is 1.02. The largest absolute Gasteiger partial charge is 0.357 e. The summed E-state index contributed by atoms with van der Waals surface area (Å²) in [5.74, 6) is 1.78. The van der Waals surface area contributed by atoms with Crippen molar-refractivity contribution >= 4 is 11.8 Å². The van der Waals surface area contributed by atoms with Crippen LogP contribution in [0.1, 0.15) is 38.3 Å². The average Bonchev–Trinajstić information content (AvgIpc) is 2.81. The summed E-state index contributed by atoms with van der Waals surface area (Å²) in [4.78, 5) is 11.3. The number of hydrogen-bond donors (Lipinski definition) is 1. The zero-order valence-electron chi connectivity index (χ0n) is 11.0. The van der Waals surface area contributed by atoms with Gasteiger partial charge in [0, 0.05) is 31.4 Å². The molecule has 0 spiro atoms. The molecule has 0 aromatic carbocycles. The highest BCUT2D eigenvalue weighted by molar-refractivity contribution is 5.45. The van der Waals surface area contributed by atoms with Crippen molar-refractivity contribution in [3.8, 4) is 0 Å². The van der Waals surface area contributed by atoms with E-state index in [0.29, 0.717) is 6.04 Å². The van der Waals surface area contributed by atoms with Gasteiger partial charge in [-0.2, -0.15) is 4.98 Å². The Bertz CT molecular complexity index is 372. The Hall–Kier alpha value is -1.32. The molecule has 4 nitrogen and oxygen atoms in total. The smallest absolute Gasteiger partial charge is 0.224 e. The van der Waals surface area contributed by atoms with Gasteiger partial charge in [0.15, 0.2) is 0 Å². The lowest BCUT2D eigenvalue weighted by molar-refractivity contribution is 0.645. The van der Waals surface area contributed by atoms with Crippen molar-refractivity contribution in [2.24, 2.45) is 0 Å². The molecule has 0 aliphatic heterocycles. The summed E-state index contributed by atoms with van der Waals surface area (Å²) in [6.45, 7) is 4.94. The highest BCUT2D eigenvalue weighted by atomic mass is 15.2. The zero-order chi connectivity index (χ0) is 12.3. The van der Waals surface area contributed by atoms with Gasteiger partial charge in [-0.05, 0) is 26.7 Å². The fourth-order valence-corrected chi connectivity index (χ4v) is 2.45. The molecule has 0 unspecified atom stereocenters. The Morgan fingerprint density at radius 3 is 2.71 bits per heavy atom. The Morgan fingerprint density at radius 2 is 2.06 bits per heavy atom. The van der Waals surface area contributed by atoms with Gasteiger partial charge in [-0.3, -0.25) is 0 Å². The van der Waals surface area contributed by atoms with E-state index in [4.69, 9.17) is 0 Å². The minimum Gasteiger partial charge on any atom is -0.357 e. The molecule has 0 saturated heterocycles. The van der Waals surface area contributed by atoms with Gasteiger partial charge in [-0.25, -0.2) is 4.98 Å². The first-order chi connectivity index (χ1) is 8.20. The molecule has 1 fully saturated rings. The van der Waals surface area contributed by atoms with Gasteiger partial charge >= 0.3 is 0 Å². The van der Waals surface area contributed by atoms with Crippen molar-refractivity contribution < 1.29 is 0 Å². The van der Waals surface area contributed by atoms with Crippen LogP contribution in [0, 0.1) is 6.92 Å². The zero-order valence-corrected chi connectivity index (χ0v) is 11.0. The number of aryl methyl sites for hydroxylation is 1. The Balaban J connectivity index is 2.18. The van der Waals surface area contributed by atoms with Crippen LogP contribution in [0.25, 0.3) is 0 Å². The maximum absolute atomic E-state index is 4.57.